The van der Waals surface area contributed by atoms with E-state index in [0.717, 1.165) is 43.5 Å². The number of aromatic nitrogens is 1. The number of likely N-dealkylation sites (tertiary alicyclic amines) is 1. The molecule has 1 aliphatic rings. The predicted molar refractivity (Wildman–Crippen MR) is 99.2 cm³/mol. The Labute approximate surface area is 154 Å². The van der Waals surface area contributed by atoms with E-state index in [4.69, 9.17) is 0 Å². The number of hydrogen-bond donors (Lipinski definition) is 1. The fourth-order valence-electron chi connectivity index (χ4n) is 3.03. The first-order valence-electron chi connectivity index (χ1n) is 8.76. The van der Waals surface area contributed by atoms with Gasteiger partial charge in [0.05, 0.1) is 4.90 Å². The van der Waals surface area contributed by atoms with Gasteiger partial charge in [0.1, 0.15) is 0 Å². The van der Waals surface area contributed by atoms with Crippen molar-refractivity contribution in [3.63, 3.8) is 0 Å². The summed E-state index contributed by atoms with van der Waals surface area (Å²) in [6.07, 6.45) is 6.36. The molecule has 0 atom stereocenters. The summed E-state index contributed by atoms with van der Waals surface area (Å²) < 4.78 is 27.8. The summed E-state index contributed by atoms with van der Waals surface area (Å²) in [6.45, 7) is 3.47. The second kappa shape index (κ2) is 7.97. The lowest BCUT2D eigenvalue weighted by atomic mass is 10.1. The van der Waals surface area contributed by atoms with Gasteiger partial charge in [-0.25, -0.2) is 13.1 Å². The quantitative estimate of drug-likeness (QED) is 0.873. The molecule has 0 radical (unpaired) electrons. The molecule has 1 saturated heterocycles. The van der Waals surface area contributed by atoms with Crippen molar-refractivity contribution >= 4 is 15.9 Å². The number of rotatable bonds is 5. The number of sulfonamides is 1. The second-order valence-electron chi connectivity index (χ2n) is 6.51. The smallest absolute Gasteiger partial charge is 0.254 e. The third kappa shape index (κ3) is 4.28. The summed E-state index contributed by atoms with van der Waals surface area (Å²) in [7, 11) is -3.70. The van der Waals surface area contributed by atoms with Crippen LogP contribution in [0.5, 0.6) is 0 Å². The van der Waals surface area contributed by atoms with Crippen LogP contribution < -0.4 is 4.72 Å². The third-order valence-electron chi connectivity index (χ3n) is 4.61. The summed E-state index contributed by atoms with van der Waals surface area (Å²) >= 11 is 0. The molecule has 2 aromatic rings. The molecule has 0 aliphatic carbocycles. The number of benzene rings is 1. The van der Waals surface area contributed by atoms with Gasteiger partial charge < -0.3 is 4.90 Å². The SMILES string of the molecule is Cc1ccc(S(=O)(=O)NCc2ccncc2)cc1C(=O)N1CCCCC1. The van der Waals surface area contributed by atoms with Crippen LogP contribution in [0.25, 0.3) is 0 Å². The molecule has 26 heavy (non-hydrogen) atoms. The summed E-state index contributed by atoms with van der Waals surface area (Å²) in [5, 5.41) is 0. The Morgan fingerprint density at radius 2 is 1.81 bits per heavy atom. The molecule has 0 saturated carbocycles. The zero-order valence-electron chi connectivity index (χ0n) is 14.8. The van der Waals surface area contributed by atoms with Gasteiger partial charge in [0.2, 0.25) is 10.0 Å². The fraction of sp³-hybridized carbons (Fsp3) is 0.368. The summed E-state index contributed by atoms with van der Waals surface area (Å²) in [5.74, 6) is -0.0895. The van der Waals surface area contributed by atoms with Crippen LogP contribution in [0, 0.1) is 6.92 Å². The van der Waals surface area contributed by atoms with Crippen LogP contribution >= 0.6 is 0 Å². The van der Waals surface area contributed by atoms with E-state index < -0.39 is 10.0 Å². The van der Waals surface area contributed by atoms with Crippen LogP contribution in [-0.4, -0.2) is 37.3 Å². The lowest BCUT2D eigenvalue weighted by Crippen LogP contribution is -2.36. The molecule has 1 aliphatic heterocycles. The maximum atomic E-state index is 12.8. The highest BCUT2D eigenvalue weighted by Crippen LogP contribution is 2.20. The molecule has 3 rings (SSSR count). The first-order chi connectivity index (χ1) is 12.5. The molecule has 138 valence electrons. The Balaban J connectivity index is 1.80. The number of carbonyl (C=O) groups excluding carboxylic acids is 1. The summed E-state index contributed by atoms with van der Waals surface area (Å²) in [4.78, 5) is 18.6. The first kappa shape index (κ1) is 18.5. The monoisotopic (exact) mass is 373 g/mol. The Morgan fingerprint density at radius 3 is 2.50 bits per heavy atom. The molecule has 0 unspecified atom stereocenters. The van der Waals surface area contributed by atoms with Crippen molar-refractivity contribution in [3.05, 3.63) is 59.4 Å². The van der Waals surface area contributed by atoms with E-state index in [9.17, 15) is 13.2 Å². The highest BCUT2D eigenvalue weighted by atomic mass is 32.2. The lowest BCUT2D eigenvalue weighted by molar-refractivity contribution is 0.0723. The van der Waals surface area contributed by atoms with Crippen LogP contribution in [0.1, 0.15) is 40.7 Å². The van der Waals surface area contributed by atoms with Crippen LogP contribution in [0.15, 0.2) is 47.6 Å². The maximum Gasteiger partial charge on any atom is 0.254 e. The number of nitrogens with zero attached hydrogens (tertiary/aromatic N) is 2. The van der Waals surface area contributed by atoms with Gasteiger partial charge in [0, 0.05) is 37.6 Å². The van der Waals surface area contributed by atoms with Crippen molar-refractivity contribution in [3.8, 4) is 0 Å². The average molecular weight is 373 g/mol. The minimum Gasteiger partial charge on any atom is -0.339 e. The topological polar surface area (TPSA) is 79.4 Å². The highest BCUT2D eigenvalue weighted by molar-refractivity contribution is 7.89. The number of carbonyl (C=O) groups is 1. The van der Waals surface area contributed by atoms with E-state index in [0.29, 0.717) is 5.56 Å². The van der Waals surface area contributed by atoms with Crippen molar-refractivity contribution in [2.24, 2.45) is 0 Å². The van der Waals surface area contributed by atoms with Crippen LogP contribution in [0.3, 0.4) is 0 Å². The van der Waals surface area contributed by atoms with Crippen LogP contribution in [-0.2, 0) is 16.6 Å². The number of piperidine rings is 1. The largest absolute Gasteiger partial charge is 0.339 e. The van der Waals surface area contributed by atoms with E-state index in [2.05, 4.69) is 9.71 Å². The van der Waals surface area contributed by atoms with Crippen molar-refractivity contribution in [2.75, 3.05) is 13.1 Å². The minimum atomic E-state index is -3.70. The highest BCUT2D eigenvalue weighted by Gasteiger charge is 2.22. The Bertz CT molecular complexity index is 876. The second-order valence-corrected chi connectivity index (χ2v) is 8.28. The molecule has 0 spiro atoms. The first-order valence-corrected chi connectivity index (χ1v) is 10.2. The van der Waals surface area contributed by atoms with Gasteiger partial charge in [0.15, 0.2) is 0 Å². The number of pyridine rings is 1. The molecule has 1 N–H and O–H groups in total. The standard InChI is InChI=1S/C19H23N3O3S/c1-15-5-6-17(13-18(15)19(23)22-11-3-2-4-12-22)26(24,25)21-14-16-7-9-20-10-8-16/h5-10,13,21H,2-4,11-12,14H2,1H3. The summed E-state index contributed by atoms with van der Waals surface area (Å²) in [6, 6.07) is 8.22. The number of nitrogens with one attached hydrogen (secondary N) is 1. The van der Waals surface area contributed by atoms with Crippen LogP contribution in [0.2, 0.25) is 0 Å². The minimum absolute atomic E-state index is 0.0895. The molecule has 0 bridgehead atoms. The van der Waals surface area contributed by atoms with E-state index in [1.165, 1.54) is 12.1 Å². The number of amides is 1. The third-order valence-corrected chi connectivity index (χ3v) is 6.01. The van der Waals surface area contributed by atoms with Gasteiger partial charge in [-0.1, -0.05) is 6.07 Å². The van der Waals surface area contributed by atoms with Gasteiger partial charge in [-0.05, 0) is 61.6 Å². The van der Waals surface area contributed by atoms with E-state index in [1.54, 1.807) is 30.6 Å². The molecular formula is C19H23N3O3S. The zero-order chi connectivity index (χ0) is 18.6. The van der Waals surface area contributed by atoms with Crippen molar-refractivity contribution in [1.82, 2.24) is 14.6 Å². The van der Waals surface area contributed by atoms with E-state index >= 15 is 0 Å². The van der Waals surface area contributed by atoms with Gasteiger partial charge in [-0.2, -0.15) is 0 Å². The lowest BCUT2D eigenvalue weighted by Gasteiger charge is -2.27. The Hall–Kier alpha value is -2.25. The van der Waals surface area contributed by atoms with E-state index in [1.807, 2.05) is 11.8 Å². The molecule has 1 fully saturated rings. The Morgan fingerprint density at radius 1 is 1.12 bits per heavy atom. The normalized spacial score (nSPS) is 15.0. The predicted octanol–water partition coefficient (Wildman–Crippen LogP) is 2.49. The van der Waals surface area contributed by atoms with Crippen molar-refractivity contribution in [2.45, 2.75) is 37.6 Å². The Kier molecular flexibility index (Phi) is 5.68. The van der Waals surface area contributed by atoms with Gasteiger partial charge >= 0.3 is 0 Å². The van der Waals surface area contributed by atoms with Gasteiger partial charge in [-0.3, -0.25) is 9.78 Å². The average Bonchev–Trinajstić information content (AvgIpc) is 2.68. The van der Waals surface area contributed by atoms with Crippen LogP contribution in [0.4, 0.5) is 0 Å². The summed E-state index contributed by atoms with van der Waals surface area (Å²) in [5.41, 5.74) is 2.06. The molecule has 6 nitrogen and oxygen atoms in total. The number of hydrogen-bond acceptors (Lipinski definition) is 4. The van der Waals surface area contributed by atoms with Crippen molar-refractivity contribution in [1.29, 1.82) is 0 Å². The van der Waals surface area contributed by atoms with E-state index in [-0.39, 0.29) is 17.3 Å². The molecular weight excluding hydrogens is 350 g/mol. The molecule has 7 heteroatoms. The number of aryl methyl sites for hydroxylation is 1. The van der Waals surface area contributed by atoms with Gasteiger partial charge in [0.25, 0.3) is 5.91 Å². The molecule has 2 heterocycles. The van der Waals surface area contributed by atoms with Gasteiger partial charge in [-0.15, -0.1) is 0 Å². The molecule has 1 aromatic heterocycles. The fourth-order valence-corrected chi connectivity index (χ4v) is 4.07. The molecule has 1 aromatic carbocycles. The molecule has 1 amide bonds. The van der Waals surface area contributed by atoms with Crippen molar-refractivity contribution < 1.29 is 13.2 Å². The maximum absolute atomic E-state index is 12.8. The zero-order valence-corrected chi connectivity index (χ0v) is 15.6.